The zero-order valence-electron chi connectivity index (χ0n) is 13.7. The van der Waals surface area contributed by atoms with Crippen molar-refractivity contribution in [1.29, 1.82) is 0 Å². The zero-order chi connectivity index (χ0) is 16.6. The Morgan fingerprint density at radius 3 is 2.91 bits per heavy atom. The van der Waals surface area contributed by atoms with Gasteiger partial charge in [0.25, 0.3) is 5.91 Å². The summed E-state index contributed by atoms with van der Waals surface area (Å²) in [6, 6.07) is 5.70. The van der Waals surface area contributed by atoms with Gasteiger partial charge in [-0.2, -0.15) is 0 Å². The van der Waals surface area contributed by atoms with Crippen LogP contribution < -0.4 is 5.32 Å². The maximum atomic E-state index is 12.2. The molecule has 6 heteroatoms. The molecule has 3 rings (SSSR count). The van der Waals surface area contributed by atoms with Gasteiger partial charge >= 0.3 is 6.09 Å². The minimum absolute atomic E-state index is 0.0357. The Labute approximate surface area is 135 Å². The summed E-state index contributed by atoms with van der Waals surface area (Å²) in [7, 11) is 0. The van der Waals surface area contributed by atoms with Gasteiger partial charge in [0, 0.05) is 18.7 Å². The monoisotopic (exact) mass is 318 g/mol. The molecule has 124 valence electrons. The van der Waals surface area contributed by atoms with Crippen molar-refractivity contribution in [2.24, 2.45) is 0 Å². The number of carbonyl (C=O) groups excluding carboxylic acids is 2. The van der Waals surface area contributed by atoms with Crippen molar-refractivity contribution in [2.45, 2.75) is 39.0 Å². The zero-order valence-corrected chi connectivity index (χ0v) is 13.7. The van der Waals surface area contributed by atoms with Gasteiger partial charge in [0.15, 0.2) is 0 Å². The van der Waals surface area contributed by atoms with E-state index in [9.17, 15) is 9.59 Å². The van der Waals surface area contributed by atoms with Crippen LogP contribution in [0.2, 0.25) is 0 Å². The normalized spacial score (nSPS) is 20.9. The second kappa shape index (κ2) is 5.85. The molecular formula is C17H22N2O4. The Bertz CT molecular complexity index is 636. The van der Waals surface area contributed by atoms with Crippen molar-refractivity contribution in [2.75, 3.05) is 19.7 Å². The van der Waals surface area contributed by atoms with Crippen molar-refractivity contribution in [3.05, 3.63) is 34.9 Å². The molecule has 2 amide bonds. The smallest absolute Gasteiger partial charge is 0.410 e. The summed E-state index contributed by atoms with van der Waals surface area (Å²) in [5.74, 6) is -0.0357. The molecule has 0 unspecified atom stereocenters. The first-order chi connectivity index (χ1) is 10.8. The number of amides is 2. The van der Waals surface area contributed by atoms with Crippen LogP contribution in [0.15, 0.2) is 18.2 Å². The highest BCUT2D eigenvalue weighted by atomic mass is 16.6. The van der Waals surface area contributed by atoms with E-state index < -0.39 is 5.60 Å². The average Bonchev–Trinajstić information content (AvgIpc) is 2.87. The van der Waals surface area contributed by atoms with Crippen LogP contribution in [0.1, 0.15) is 48.4 Å². The minimum atomic E-state index is -0.509. The second-order valence-electron chi connectivity index (χ2n) is 6.89. The van der Waals surface area contributed by atoms with Crippen LogP contribution in [0, 0.1) is 0 Å². The first kappa shape index (κ1) is 15.8. The van der Waals surface area contributed by atoms with Crippen molar-refractivity contribution >= 4 is 12.0 Å². The minimum Gasteiger partial charge on any atom is -0.444 e. The van der Waals surface area contributed by atoms with Crippen LogP contribution in [0.25, 0.3) is 0 Å². The van der Waals surface area contributed by atoms with E-state index in [1.165, 1.54) is 0 Å². The molecule has 6 nitrogen and oxygen atoms in total. The number of hydrogen-bond donors (Lipinski definition) is 1. The van der Waals surface area contributed by atoms with Crippen LogP contribution >= 0.6 is 0 Å². The van der Waals surface area contributed by atoms with E-state index >= 15 is 0 Å². The third-order valence-electron chi connectivity index (χ3n) is 3.90. The number of hydrogen-bond acceptors (Lipinski definition) is 4. The summed E-state index contributed by atoms with van der Waals surface area (Å²) in [4.78, 5) is 25.5. The largest absolute Gasteiger partial charge is 0.444 e. The molecule has 2 aliphatic heterocycles. The maximum Gasteiger partial charge on any atom is 0.410 e. The van der Waals surface area contributed by atoms with E-state index in [-0.39, 0.29) is 18.1 Å². The van der Waals surface area contributed by atoms with Crippen molar-refractivity contribution in [3.63, 3.8) is 0 Å². The van der Waals surface area contributed by atoms with E-state index in [4.69, 9.17) is 9.47 Å². The Kier molecular flexibility index (Phi) is 4.02. The SMILES string of the molecule is CC(C)(C)OC(=O)N1CCO[C@H](c2ccc3c(c2)CNC3=O)C1. The van der Waals surface area contributed by atoms with Gasteiger partial charge in [-0.1, -0.05) is 12.1 Å². The Balaban J connectivity index is 1.72. The van der Waals surface area contributed by atoms with Crippen molar-refractivity contribution in [3.8, 4) is 0 Å². The molecule has 0 aromatic heterocycles. The third kappa shape index (κ3) is 3.47. The van der Waals surface area contributed by atoms with E-state index in [1.807, 2.05) is 39.0 Å². The Morgan fingerprint density at radius 2 is 2.17 bits per heavy atom. The average molecular weight is 318 g/mol. The van der Waals surface area contributed by atoms with E-state index in [0.29, 0.717) is 31.8 Å². The van der Waals surface area contributed by atoms with Crippen molar-refractivity contribution in [1.82, 2.24) is 10.2 Å². The Hall–Kier alpha value is -2.08. The van der Waals surface area contributed by atoms with Gasteiger partial charge in [-0.25, -0.2) is 4.79 Å². The number of carbonyl (C=O) groups is 2. The highest BCUT2D eigenvalue weighted by Gasteiger charge is 2.30. The predicted octanol–water partition coefficient (Wildman–Crippen LogP) is 2.24. The lowest BCUT2D eigenvalue weighted by molar-refractivity contribution is -0.0433. The lowest BCUT2D eigenvalue weighted by Crippen LogP contribution is -2.44. The summed E-state index contributed by atoms with van der Waals surface area (Å²) in [6.07, 6.45) is -0.513. The van der Waals surface area contributed by atoms with Crippen LogP contribution in [-0.2, 0) is 16.0 Å². The highest BCUT2D eigenvalue weighted by Crippen LogP contribution is 2.27. The third-order valence-corrected chi connectivity index (χ3v) is 3.90. The second-order valence-corrected chi connectivity index (χ2v) is 6.89. The molecule has 1 atom stereocenters. The number of fused-ring (bicyclic) bond motifs is 1. The summed E-state index contributed by atoms with van der Waals surface area (Å²) in [5.41, 5.74) is 2.16. The number of ether oxygens (including phenoxy) is 2. The molecular weight excluding hydrogens is 296 g/mol. The summed E-state index contributed by atoms with van der Waals surface area (Å²) < 4.78 is 11.2. The molecule has 2 heterocycles. The number of rotatable bonds is 1. The Morgan fingerprint density at radius 1 is 1.39 bits per heavy atom. The molecule has 2 aliphatic rings. The van der Waals surface area contributed by atoms with Crippen LogP contribution in [0.3, 0.4) is 0 Å². The number of benzene rings is 1. The van der Waals surface area contributed by atoms with Crippen LogP contribution in [0.5, 0.6) is 0 Å². The molecule has 0 aliphatic carbocycles. The highest BCUT2D eigenvalue weighted by molar-refractivity contribution is 5.98. The number of morpholine rings is 1. The molecule has 0 bridgehead atoms. The number of nitrogens with zero attached hydrogens (tertiary/aromatic N) is 1. The van der Waals surface area contributed by atoms with Crippen LogP contribution in [-0.4, -0.2) is 42.2 Å². The number of nitrogens with one attached hydrogen (secondary N) is 1. The lowest BCUT2D eigenvalue weighted by Gasteiger charge is -2.34. The van der Waals surface area contributed by atoms with Gasteiger partial charge < -0.3 is 19.7 Å². The van der Waals surface area contributed by atoms with E-state index in [2.05, 4.69) is 5.32 Å². The fraction of sp³-hybridized carbons (Fsp3) is 0.529. The molecule has 1 aromatic carbocycles. The van der Waals surface area contributed by atoms with Crippen molar-refractivity contribution < 1.29 is 19.1 Å². The van der Waals surface area contributed by atoms with Gasteiger partial charge in [-0.3, -0.25) is 4.79 Å². The summed E-state index contributed by atoms with van der Waals surface area (Å²) in [6.45, 7) is 7.56. The van der Waals surface area contributed by atoms with E-state index in [0.717, 1.165) is 11.1 Å². The molecule has 0 spiro atoms. The summed E-state index contributed by atoms with van der Waals surface area (Å²) in [5, 5.41) is 2.80. The fourth-order valence-corrected chi connectivity index (χ4v) is 2.80. The quantitative estimate of drug-likeness (QED) is 0.862. The molecule has 0 saturated carbocycles. The lowest BCUT2D eigenvalue weighted by atomic mass is 10.0. The van der Waals surface area contributed by atoms with Gasteiger partial charge in [-0.05, 0) is 38.0 Å². The fourth-order valence-electron chi connectivity index (χ4n) is 2.80. The molecule has 1 saturated heterocycles. The van der Waals surface area contributed by atoms with Gasteiger partial charge in [-0.15, -0.1) is 0 Å². The summed E-state index contributed by atoms with van der Waals surface area (Å²) >= 11 is 0. The first-order valence-electron chi connectivity index (χ1n) is 7.84. The standard InChI is InChI=1S/C17H22N2O4/c1-17(2,3)23-16(21)19-6-7-22-14(10-19)11-4-5-13-12(8-11)9-18-15(13)20/h4-5,8,14H,6-7,9-10H2,1-3H3,(H,18,20)/t14-/m0/s1. The molecule has 23 heavy (non-hydrogen) atoms. The van der Waals surface area contributed by atoms with Crippen LogP contribution in [0.4, 0.5) is 4.79 Å². The predicted molar refractivity (Wildman–Crippen MR) is 84.1 cm³/mol. The topological polar surface area (TPSA) is 67.9 Å². The van der Waals surface area contributed by atoms with Gasteiger partial charge in [0.05, 0.1) is 13.2 Å². The van der Waals surface area contributed by atoms with Gasteiger partial charge in [0.2, 0.25) is 0 Å². The molecule has 1 aromatic rings. The van der Waals surface area contributed by atoms with Gasteiger partial charge in [0.1, 0.15) is 11.7 Å². The molecule has 0 radical (unpaired) electrons. The maximum absolute atomic E-state index is 12.2. The van der Waals surface area contributed by atoms with E-state index in [1.54, 1.807) is 4.90 Å². The molecule has 1 N–H and O–H groups in total. The first-order valence-corrected chi connectivity index (χ1v) is 7.84. The molecule has 1 fully saturated rings.